The molecule has 1 aromatic heterocycles. The van der Waals surface area contributed by atoms with Gasteiger partial charge in [-0.25, -0.2) is 10.4 Å². The van der Waals surface area contributed by atoms with Crippen LogP contribution in [0, 0.1) is 0 Å². The van der Waals surface area contributed by atoms with Crippen LogP contribution < -0.4 is 5.43 Å². The Morgan fingerprint density at radius 1 is 1.26 bits per heavy atom. The Hall–Kier alpha value is -2.66. The van der Waals surface area contributed by atoms with Crippen molar-refractivity contribution in [1.29, 1.82) is 0 Å². The van der Waals surface area contributed by atoms with Crippen molar-refractivity contribution in [2.24, 2.45) is 12.1 Å². The number of carbonyl (C=O) groups is 1. The molecule has 0 saturated heterocycles. The lowest BCUT2D eigenvalue weighted by molar-refractivity contribution is -0.120. The first-order valence-electron chi connectivity index (χ1n) is 7.12. The minimum atomic E-state index is -0.230. The molecule has 0 radical (unpaired) electrons. The summed E-state index contributed by atoms with van der Waals surface area (Å²) in [7, 11) is 1.89. The summed E-state index contributed by atoms with van der Waals surface area (Å²) in [6.07, 6.45) is 1.68. The number of aryl methyl sites for hydroxylation is 1. The summed E-state index contributed by atoms with van der Waals surface area (Å²) in [5.74, 6) is 0.461. The van der Waals surface area contributed by atoms with Crippen LogP contribution in [0.2, 0.25) is 5.02 Å². The van der Waals surface area contributed by atoms with Gasteiger partial charge in [0.05, 0.1) is 23.7 Å². The van der Waals surface area contributed by atoms with E-state index in [0.29, 0.717) is 10.8 Å². The molecule has 0 aliphatic rings. The van der Waals surface area contributed by atoms with Gasteiger partial charge in [-0.1, -0.05) is 41.9 Å². The molecule has 3 aromatic rings. The summed E-state index contributed by atoms with van der Waals surface area (Å²) in [5, 5.41) is 4.52. The molecule has 0 atom stereocenters. The molecule has 0 bridgehead atoms. The minimum Gasteiger partial charge on any atom is -0.331 e. The number of imidazole rings is 1. The first-order chi connectivity index (χ1) is 11.1. The average molecular weight is 327 g/mol. The van der Waals surface area contributed by atoms with E-state index >= 15 is 0 Å². The van der Waals surface area contributed by atoms with Crippen LogP contribution in [0.25, 0.3) is 11.0 Å². The lowest BCUT2D eigenvalue weighted by atomic mass is 10.2. The van der Waals surface area contributed by atoms with Crippen LogP contribution >= 0.6 is 11.6 Å². The SMILES string of the molecule is Cn1c(CC(=O)NN=Cc2ccccc2Cl)nc2ccccc21. The number of hydrogen-bond donors (Lipinski definition) is 1. The van der Waals surface area contributed by atoms with Gasteiger partial charge in [-0.2, -0.15) is 5.10 Å². The van der Waals surface area contributed by atoms with Crippen molar-refractivity contribution >= 4 is 34.8 Å². The van der Waals surface area contributed by atoms with Crippen molar-refractivity contribution < 1.29 is 4.79 Å². The van der Waals surface area contributed by atoms with Gasteiger partial charge in [0.1, 0.15) is 5.82 Å². The summed E-state index contributed by atoms with van der Waals surface area (Å²) < 4.78 is 1.91. The maximum Gasteiger partial charge on any atom is 0.247 e. The van der Waals surface area contributed by atoms with E-state index in [-0.39, 0.29) is 12.3 Å². The van der Waals surface area contributed by atoms with Crippen molar-refractivity contribution in [3.63, 3.8) is 0 Å². The number of hydrogen-bond acceptors (Lipinski definition) is 3. The highest BCUT2D eigenvalue weighted by atomic mass is 35.5. The maximum atomic E-state index is 12.0. The summed E-state index contributed by atoms with van der Waals surface area (Å²) in [6, 6.07) is 15.0. The quantitative estimate of drug-likeness (QED) is 0.592. The summed E-state index contributed by atoms with van der Waals surface area (Å²) >= 11 is 6.02. The second-order valence-corrected chi connectivity index (χ2v) is 5.47. The maximum absolute atomic E-state index is 12.0. The highest BCUT2D eigenvalue weighted by molar-refractivity contribution is 6.33. The smallest absolute Gasteiger partial charge is 0.247 e. The number of nitrogens with zero attached hydrogens (tertiary/aromatic N) is 3. The lowest BCUT2D eigenvalue weighted by Crippen LogP contribution is -2.21. The first kappa shape index (κ1) is 15.2. The Bertz CT molecular complexity index is 885. The molecule has 5 nitrogen and oxygen atoms in total. The fraction of sp³-hybridized carbons (Fsp3) is 0.118. The first-order valence-corrected chi connectivity index (χ1v) is 7.49. The Balaban J connectivity index is 1.67. The van der Waals surface area contributed by atoms with Gasteiger partial charge in [0.15, 0.2) is 0 Å². The van der Waals surface area contributed by atoms with E-state index in [1.54, 1.807) is 6.07 Å². The third-order valence-electron chi connectivity index (χ3n) is 3.50. The third-order valence-corrected chi connectivity index (χ3v) is 3.84. The van der Waals surface area contributed by atoms with Crippen LogP contribution in [-0.4, -0.2) is 21.7 Å². The fourth-order valence-electron chi connectivity index (χ4n) is 2.29. The van der Waals surface area contributed by atoms with Gasteiger partial charge < -0.3 is 4.57 Å². The molecule has 2 aromatic carbocycles. The molecule has 1 heterocycles. The number of carbonyl (C=O) groups excluding carboxylic acids is 1. The fourth-order valence-corrected chi connectivity index (χ4v) is 2.47. The lowest BCUT2D eigenvalue weighted by Gasteiger charge is -2.02. The topological polar surface area (TPSA) is 59.3 Å². The van der Waals surface area contributed by atoms with Crippen LogP contribution in [0.5, 0.6) is 0 Å². The number of para-hydroxylation sites is 2. The number of hydrazone groups is 1. The standard InChI is InChI=1S/C17H15ClN4O/c1-22-15-9-5-4-8-14(15)20-16(22)10-17(23)21-19-11-12-6-2-3-7-13(12)18/h2-9,11H,10H2,1H3,(H,21,23). The predicted octanol–water partition coefficient (Wildman–Crippen LogP) is 2.92. The van der Waals surface area contributed by atoms with Crippen molar-refractivity contribution in [3.05, 3.63) is 64.9 Å². The van der Waals surface area contributed by atoms with E-state index in [0.717, 1.165) is 16.6 Å². The normalized spacial score (nSPS) is 11.2. The molecule has 6 heteroatoms. The molecule has 3 rings (SSSR count). The zero-order chi connectivity index (χ0) is 16.2. The van der Waals surface area contributed by atoms with E-state index in [4.69, 9.17) is 11.6 Å². The van der Waals surface area contributed by atoms with Crippen molar-refractivity contribution in [1.82, 2.24) is 15.0 Å². The number of nitrogens with one attached hydrogen (secondary N) is 1. The van der Waals surface area contributed by atoms with Gasteiger partial charge in [0, 0.05) is 17.6 Å². The Kier molecular flexibility index (Phi) is 4.39. The molecule has 116 valence electrons. The Morgan fingerprint density at radius 3 is 2.78 bits per heavy atom. The van der Waals surface area contributed by atoms with Crippen LogP contribution in [-0.2, 0) is 18.3 Å². The van der Waals surface area contributed by atoms with E-state index in [1.807, 2.05) is 54.1 Å². The van der Waals surface area contributed by atoms with Gasteiger partial charge >= 0.3 is 0 Å². The molecule has 0 spiro atoms. The highest BCUT2D eigenvalue weighted by Crippen LogP contribution is 2.14. The van der Waals surface area contributed by atoms with E-state index < -0.39 is 0 Å². The van der Waals surface area contributed by atoms with Crippen molar-refractivity contribution in [2.45, 2.75) is 6.42 Å². The summed E-state index contributed by atoms with van der Waals surface area (Å²) in [6.45, 7) is 0. The average Bonchev–Trinajstić information content (AvgIpc) is 2.86. The second kappa shape index (κ2) is 6.62. The van der Waals surface area contributed by atoms with E-state index in [9.17, 15) is 4.79 Å². The highest BCUT2D eigenvalue weighted by Gasteiger charge is 2.10. The summed E-state index contributed by atoms with van der Waals surface area (Å²) in [5.41, 5.74) is 5.11. The van der Waals surface area contributed by atoms with Crippen LogP contribution in [0.4, 0.5) is 0 Å². The van der Waals surface area contributed by atoms with Gasteiger partial charge in [-0.3, -0.25) is 4.79 Å². The monoisotopic (exact) mass is 326 g/mol. The molecule has 0 saturated carbocycles. The van der Waals surface area contributed by atoms with E-state index in [1.165, 1.54) is 6.21 Å². The predicted molar refractivity (Wildman–Crippen MR) is 91.6 cm³/mol. The third kappa shape index (κ3) is 3.40. The zero-order valence-corrected chi connectivity index (χ0v) is 13.3. The molecule has 23 heavy (non-hydrogen) atoms. The molecule has 0 aliphatic heterocycles. The molecule has 0 fully saturated rings. The number of rotatable bonds is 4. The van der Waals surface area contributed by atoms with Crippen molar-refractivity contribution in [3.8, 4) is 0 Å². The van der Waals surface area contributed by atoms with Crippen LogP contribution in [0.1, 0.15) is 11.4 Å². The molecule has 0 unspecified atom stereocenters. The summed E-state index contributed by atoms with van der Waals surface area (Å²) in [4.78, 5) is 16.5. The molecular weight excluding hydrogens is 312 g/mol. The Morgan fingerprint density at radius 2 is 2.00 bits per heavy atom. The molecule has 0 aliphatic carbocycles. The molecule has 1 amide bonds. The van der Waals surface area contributed by atoms with Gasteiger partial charge in [-0.05, 0) is 18.2 Å². The largest absolute Gasteiger partial charge is 0.331 e. The van der Waals surface area contributed by atoms with Crippen molar-refractivity contribution in [2.75, 3.05) is 0 Å². The Labute approximate surface area is 138 Å². The van der Waals surface area contributed by atoms with Crippen LogP contribution in [0.3, 0.4) is 0 Å². The van der Waals surface area contributed by atoms with Gasteiger partial charge in [0.25, 0.3) is 0 Å². The van der Waals surface area contributed by atoms with Gasteiger partial charge in [-0.15, -0.1) is 0 Å². The number of amides is 1. The molecule has 1 N–H and O–H groups in total. The number of halogens is 1. The number of fused-ring (bicyclic) bond motifs is 1. The number of benzene rings is 2. The minimum absolute atomic E-state index is 0.158. The molecular formula is C17H15ClN4O. The second-order valence-electron chi connectivity index (χ2n) is 5.07. The zero-order valence-electron chi connectivity index (χ0n) is 12.5. The van der Waals surface area contributed by atoms with Gasteiger partial charge in [0.2, 0.25) is 5.91 Å². The number of aromatic nitrogens is 2. The van der Waals surface area contributed by atoms with E-state index in [2.05, 4.69) is 15.5 Å². The van der Waals surface area contributed by atoms with Crippen LogP contribution in [0.15, 0.2) is 53.6 Å².